The number of thioether (sulfide) groups is 1. The van der Waals surface area contributed by atoms with Gasteiger partial charge in [0.25, 0.3) is 11.8 Å². The zero-order valence-corrected chi connectivity index (χ0v) is 15.8. The number of hydrazine groups is 1. The van der Waals surface area contributed by atoms with Gasteiger partial charge in [-0.25, -0.2) is 0 Å². The summed E-state index contributed by atoms with van der Waals surface area (Å²) in [5.41, 5.74) is 6.68. The molecule has 0 bridgehead atoms. The Bertz CT molecular complexity index is 916. The van der Waals surface area contributed by atoms with Crippen molar-refractivity contribution in [3.63, 3.8) is 0 Å². The Hall–Kier alpha value is -2.83. The van der Waals surface area contributed by atoms with Crippen molar-refractivity contribution < 1.29 is 9.59 Å². The predicted octanol–water partition coefficient (Wildman–Crippen LogP) is 4.10. The van der Waals surface area contributed by atoms with Gasteiger partial charge in [-0.15, -0.1) is 11.8 Å². The smallest absolute Gasteiger partial charge is 0.267 e. The summed E-state index contributed by atoms with van der Waals surface area (Å²) in [5.74, 6) is -0.0297. The van der Waals surface area contributed by atoms with Gasteiger partial charge < -0.3 is 0 Å². The minimum absolute atomic E-state index is 0.368. The van der Waals surface area contributed by atoms with E-state index in [1.165, 1.54) is 6.20 Å². The maximum absolute atomic E-state index is 12.1. The molecule has 2 N–H and O–H groups in total. The molecule has 1 heterocycles. The molecular formula is C20H16ClN3O2S. The highest BCUT2D eigenvalue weighted by atomic mass is 35.5. The molecule has 7 heteroatoms. The average Bonchev–Trinajstić information content (AvgIpc) is 2.72. The van der Waals surface area contributed by atoms with Gasteiger partial charge in [-0.05, 0) is 54.1 Å². The lowest BCUT2D eigenvalue weighted by Gasteiger charge is -2.08. The van der Waals surface area contributed by atoms with Crippen molar-refractivity contribution in [2.24, 2.45) is 0 Å². The van der Waals surface area contributed by atoms with Crippen LogP contribution in [0, 0.1) is 0 Å². The lowest BCUT2D eigenvalue weighted by atomic mass is 10.1. The van der Waals surface area contributed by atoms with Crippen molar-refractivity contribution in [2.75, 3.05) is 0 Å². The molecule has 0 radical (unpaired) electrons. The Labute approximate surface area is 166 Å². The molecule has 3 aromatic rings. The summed E-state index contributed by atoms with van der Waals surface area (Å²) in [5, 5.41) is 0.713. The lowest BCUT2D eigenvalue weighted by molar-refractivity contribution is 0.0846. The quantitative estimate of drug-likeness (QED) is 0.502. The number of pyridine rings is 1. The number of benzene rings is 2. The molecule has 2 amide bonds. The molecule has 27 heavy (non-hydrogen) atoms. The van der Waals surface area contributed by atoms with Gasteiger partial charge in [0.15, 0.2) is 0 Å². The van der Waals surface area contributed by atoms with E-state index in [2.05, 4.69) is 15.8 Å². The summed E-state index contributed by atoms with van der Waals surface area (Å²) in [6, 6.07) is 18.2. The van der Waals surface area contributed by atoms with Crippen LogP contribution in [0.2, 0.25) is 5.02 Å². The van der Waals surface area contributed by atoms with E-state index in [0.717, 1.165) is 16.2 Å². The van der Waals surface area contributed by atoms with E-state index in [0.29, 0.717) is 16.1 Å². The molecule has 0 unspecified atom stereocenters. The average molecular weight is 398 g/mol. The highest BCUT2D eigenvalue weighted by Gasteiger charge is 2.09. The minimum Gasteiger partial charge on any atom is -0.267 e. The van der Waals surface area contributed by atoms with E-state index in [1.807, 2.05) is 36.4 Å². The summed E-state index contributed by atoms with van der Waals surface area (Å²) >= 11 is 7.57. The van der Waals surface area contributed by atoms with Crippen molar-refractivity contribution in [2.45, 2.75) is 10.6 Å². The van der Waals surface area contributed by atoms with E-state index in [4.69, 9.17) is 11.6 Å². The maximum Gasteiger partial charge on any atom is 0.271 e. The van der Waals surface area contributed by atoms with Crippen molar-refractivity contribution >= 4 is 35.2 Å². The number of halogens is 1. The number of hydrogen-bond donors (Lipinski definition) is 2. The van der Waals surface area contributed by atoms with Crippen LogP contribution in [0.1, 0.15) is 26.3 Å². The molecular weight excluding hydrogens is 382 g/mol. The third kappa shape index (κ3) is 5.57. The van der Waals surface area contributed by atoms with E-state index in [9.17, 15) is 9.59 Å². The summed E-state index contributed by atoms with van der Waals surface area (Å²) in [7, 11) is 0. The second kappa shape index (κ2) is 9.21. The predicted molar refractivity (Wildman–Crippen MR) is 107 cm³/mol. The van der Waals surface area contributed by atoms with Gasteiger partial charge in [0.1, 0.15) is 0 Å². The van der Waals surface area contributed by atoms with Gasteiger partial charge in [0.2, 0.25) is 0 Å². The van der Waals surface area contributed by atoms with Crippen molar-refractivity contribution in [3.05, 3.63) is 94.8 Å². The summed E-state index contributed by atoms with van der Waals surface area (Å²) in [6.07, 6.45) is 3.00. The Morgan fingerprint density at radius 2 is 1.56 bits per heavy atom. The lowest BCUT2D eigenvalue weighted by Crippen LogP contribution is -2.41. The molecule has 2 aromatic carbocycles. The number of amides is 2. The van der Waals surface area contributed by atoms with Crippen LogP contribution >= 0.6 is 23.4 Å². The van der Waals surface area contributed by atoms with E-state index < -0.39 is 5.91 Å². The van der Waals surface area contributed by atoms with Gasteiger partial charge in [-0.1, -0.05) is 23.7 Å². The molecule has 0 aliphatic carbocycles. The van der Waals surface area contributed by atoms with Crippen LogP contribution in [-0.2, 0) is 5.75 Å². The van der Waals surface area contributed by atoms with Crippen LogP contribution in [0.5, 0.6) is 0 Å². The summed E-state index contributed by atoms with van der Waals surface area (Å²) in [6.45, 7) is 0. The number of carbonyl (C=O) groups excluding carboxylic acids is 2. The zero-order chi connectivity index (χ0) is 19.1. The van der Waals surface area contributed by atoms with Crippen LogP contribution in [0.25, 0.3) is 0 Å². The highest BCUT2D eigenvalue weighted by Crippen LogP contribution is 2.24. The van der Waals surface area contributed by atoms with Gasteiger partial charge in [-0.2, -0.15) is 0 Å². The molecule has 5 nitrogen and oxygen atoms in total. The van der Waals surface area contributed by atoms with Crippen molar-refractivity contribution in [3.8, 4) is 0 Å². The molecule has 1 aromatic heterocycles. The van der Waals surface area contributed by atoms with E-state index in [1.54, 1.807) is 42.2 Å². The Morgan fingerprint density at radius 3 is 2.19 bits per heavy atom. The number of nitrogens with zero attached hydrogens (tertiary/aromatic N) is 1. The number of aromatic nitrogens is 1. The van der Waals surface area contributed by atoms with Crippen molar-refractivity contribution in [1.82, 2.24) is 15.8 Å². The SMILES string of the molecule is O=C(NNC(=O)c1cccnc1)c1ccc(CSc2ccc(Cl)cc2)cc1. The largest absolute Gasteiger partial charge is 0.271 e. The molecule has 136 valence electrons. The van der Waals surface area contributed by atoms with Crippen LogP contribution in [0.15, 0.2) is 78.0 Å². The fourth-order valence-corrected chi connectivity index (χ4v) is 3.19. The molecule has 0 aliphatic rings. The summed E-state index contributed by atoms with van der Waals surface area (Å²) < 4.78 is 0. The summed E-state index contributed by atoms with van der Waals surface area (Å²) in [4.78, 5) is 29.0. The monoisotopic (exact) mass is 397 g/mol. The van der Waals surface area contributed by atoms with Gasteiger partial charge in [-0.3, -0.25) is 25.4 Å². The first-order chi connectivity index (χ1) is 13.1. The Morgan fingerprint density at radius 1 is 0.889 bits per heavy atom. The molecule has 0 saturated carbocycles. The second-order valence-electron chi connectivity index (χ2n) is 5.59. The van der Waals surface area contributed by atoms with Crippen molar-refractivity contribution in [1.29, 1.82) is 0 Å². The molecule has 0 aliphatic heterocycles. The Kier molecular flexibility index (Phi) is 6.46. The van der Waals surface area contributed by atoms with Crippen LogP contribution in [-0.4, -0.2) is 16.8 Å². The number of carbonyl (C=O) groups is 2. The second-order valence-corrected chi connectivity index (χ2v) is 7.07. The fraction of sp³-hybridized carbons (Fsp3) is 0.0500. The first-order valence-corrected chi connectivity index (χ1v) is 9.46. The zero-order valence-electron chi connectivity index (χ0n) is 14.2. The highest BCUT2D eigenvalue weighted by molar-refractivity contribution is 7.98. The van der Waals surface area contributed by atoms with Crippen LogP contribution in [0.3, 0.4) is 0 Å². The van der Waals surface area contributed by atoms with Gasteiger partial charge in [0.05, 0.1) is 5.56 Å². The topological polar surface area (TPSA) is 71.1 Å². The first kappa shape index (κ1) is 18.9. The molecule has 3 rings (SSSR count). The normalized spacial score (nSPS) is 10.3. The third-order valence-electron chi connectivity index (χ3n) is 3.65. The molecule has 0 fully saturated rings. The minimum atomic E-state index is -0.424. The number of hydrogen-bond acceptors (Lipinski definition) is 4. The van der Waals surface area contributed by atoms with Gasteiger partial charge in [0, 0.05) is 33.6 Å². The Balaban J connectivity index is 1.51. The molecule has 0 spiro atoms. The van der Waals surface area contributed by atoms with E-state index >= 15 is 0 Å². The van der Waals surface area contributed by atoms with Gasteiger partial charge >= 0.3 is 0 Å². The molecule has 0 atom stereocenters. The van der Waals surface area contributed by atoms with Crippen LogP contribution < -0.4 is 10.9 Å². The van der Waals surface area contributed by atoms with Crippen LogP contribution in [0.4, 0.5) is 0 Å². The third-order valence-corrected chi connectivity index (χ3v) is 4.98. The first-order valence-electron chi connectivity index (χ1n) is 8.10. The number of nitrogens with one attached hydrogen (secondary N) is 2. The maximum atomic E-state index is 12.1. The molecule has 0 saturated heterocycles. The van der Waals surface area contributed by atoms with E-state index in [-0.39, 0.29) is 5.91 Å². The standard InChI is InChI=1S/C20H16ClN3O2S/c21-17-7-9-18(10-8-17)27-13-14-3-5-15(6-4-14)19(25)23-24-20(26)16-2-1-11-22-12-16/h1-12H,13H2,(H,23,25)(H,24,26). The fourth-order valence-electron chi connectivity index (χ4n) is 2.20. The number of rotatable bonds is 5.